The number of allylic oxidation sites excluding steroid dienone is 2. The summed E-state index contributed by atoms with van der Waals surface area (Å²) >= 11 is 0. The van der Waals surface area contributed by atoms with E-state index in [1.54, 1.807) is 24.3 Å². The number of hydrogen-bond acceptors (Lipinski definition) is 7. The van der Waals surface area contributed by atoms with Crippen LogP contribution in [0.2, 0.25) is 0 Å². The summed E-state index contributed by atoms with van der Waals surface area (Å²) in [4.78, 5) is 38.5. The minimum atomic E-state index is -1.02. The number of carbonyl (C=O) groups is 3. The van der Waals surface area contributed by atoms with Gasteiger partial charge in [0.1, 0.15) is 5.75 Å². The van der Waals surface area contributed by atoms with Crippen LogP contribution in [0.15, 0.2) is 41.0 Å². The fraction of sp³-hybridized carbons (Fsp3) is 0.500. The van der Waals surface area contributed by atoms with Gasteiger partial charge in [-0.1, -0.05) is 43.2 Å². The topological polar surface area (TPSA) is 124 Å². The van der Waals surface area contributed by atoms with Crippen molar-refractivity contribution in [3.05, 3.63) is 46.5 Å². The number of likely N-dealkylation sites (tertiary alicyclic amines) is 1. The maximum absolute atomic E-state index is 13.0. The number of nitrogens with zero attached hydrogens (tertiary/aromatic N) is 1. The Labute approximate surface area is 199 Å². The molecule has 1 aliphatic heterocycles. The fourth-order valence-electron chi connectivity index (χ4n) is 5.16. The van der Waals surface area contributed by atoms with Crippen LogP contribution in [0.25, 0.3) is 6.08 Å². The molecule has 3 N–H and O–H groups in total. The van der Waals surface area contributed by atoms with Crippen LogP contribution in [0, 0.1) is 23.7 Å². The van der Waals surface area contributed by atoms with Crippen molar-refractivity contribution in [1.82, 2.24) is 4.90 Å². The Morgan fingerprint density at radius 2 is 1.85 bits per heavy atom. The highest BCUT2D eigenvalue weighted by molar-refractivity contribution is 6.16. The Hall–Kier alpha value is -2.97. The first-order valence-corrected chi connectivity index (χ1v) is 11.5. The van der Waals surface area contributed by atoms with Crippen LogP contribution in [0.3, 0.4) is 0 Å². The molecule has 0 bridgehead atoms. The summed E-state index contributed by atoms with van der Waals surface area (Å²) in [6.07, 6.45) is 1.24. The molecule has 3 amide bonds. The van der Waals surface area contributed by atoms with Gasteiger partial charge < -0.3 is 20.1 Å². The molecule has 1 aromatic rings. The Bertz CT molecular complexity index is 1010. The van der Waals surface area contributed by atoms with Crippen molar-refractivity contribution in [2.75, 3.05) is 13.7 Å². The van der Waals surface area contributed by atoms with Gasteiger partial charge in [-0.25, -0.2) is 4.79 Å². The molecule has 4 atom stereocenters. The van der Waals surface area contributed by atoms with Gasteiger partial charge in [0.2, 0.25) is 11.8 Å². The van der Waals surface area contributed by atoms with Gasteiger partial charge in [-0.05, 0) is 55.4 Å². The van der Waals surface area contributed by atoms with E-state index >= 15 is 0 Å². The third kappa shape index (κ3) is 4.93. The van der Waals surface area contributed by atoms with Crippen LogP contribution >= 0.6 is 0 Å². The molecule has 1 heterocycles. The van der Waals surface area contributed by atoms with E-state index in [1.807, 2.05) is 26.8 Å². The normalized spacial score (nSPS) is 24.0. The van der Waals surface area contributed by atoms with E-state index in [-0.39, 0.29) is 18.1 Å². The molecule has 1 aromatic carbocycles. The maximum Gasteiger partial charge on any atom is 0.423 e. The van der Waals surface area contributed by atoms with Crippen LogP contribution in [0.4, 0.5) is 4.79 Å². The minimum absolute atomic E-state index is 0.0108. The molecule has 3 rings (SSSR count). The summed E-state index contributed by atoms with van der Waals surface area (Å²) in [6, 6.07) is 6.81. The summed E-state index contributed by atoms with van der Waals surface area (Å²) in [6.45, 7) is 5.43. The van der Waals surface area contributed by atoms with Crippen molar-refractivity contribution >= 4 is 24.0 Å². The van der Waals surface area contributed by atoms with E-state index in [4.69, 9.17) is 0 Å². The zero-order valence-corrected chi connectivity index (χ0v) is 20.0. The van der Waals surface area contributed by atoms with Crippen molar-refractivity contribution in [2.24, 2.45) is 23.7 Å². The predicted molar refractivity (Wildman–Crippen MR) is 125 cm³/mol. The highest BCUT2D eigenvalue weighted by Crippen LogP contribution is 2.48. The molecule has 0 unspecified atom stereocenters. The highest BCUT2D eigenvalue weighted by Gasteiger charge is 2.57. The lowest BCUT2D eigenvalue weighted by atomic mass is 9.66. The molecule has 0 radical (unpaired) electrons. The van der Waals surface area contributed by atoms with Crippen molar-refractivity contribution in [1.29, 1.82) is 0 Å². The molecule has 0 spiro atoms. The first kappa shape index (κ1) is 25.6. The number of fused-ring (bicyclic) bond motifs is 1. The maximum atomic E-state index is 13.0. The van der Waals surface area contributed by atoms with Gasteiger partial charge in [0.05, 0.1) is 31.7 Å². The van der Waals surface area contributed by atoms with Gasteiger partial charge in [0.25, 0.3) is 0 Å². The Balaban J connectivity index is 1.86. The van der Waals surface area contributed by atoms with Gasteiger partial charge in [0.15, 0.2) is 0 Å². The van der Waals surface area contributed by atoms with E-state index in [9.17, 15) is 29.7 Å². The monoisotopic (exact) mass is 471 g/mol. The average Bonchev–Trinajstić information content (AvgIpc) is 3.06. The molecular weight excluding hydrogens is 438 g/mol. The molecule has 1 aliphatic carbocycles. The molecule has 184 valence electrons. The van der Waals surface area contributed by atoms with E-state index in [0.717, 1.165) is 23.8 Å². The zero-order valence-electron chi connectivity index (χ0n) is 20.0. The van der Waals surface area contributed by atoms with Crippen LogP contribution < -0.4 is 0 Å². The van der Waals surface area contributed by atoms with Crippen molar-refractivity contribution in [3.63, 3.8) is 0 Å². The molecule has 8 nitrogen and oxygen atoms in total. The third-order valence-corrected chi connectivity index (χ3v) is 6.85. The minimum Gasteiger partial charge on any atom is -0.508 e. The molecule has 8 heteroatoms. The highest BCUT2D eigenvalue weighted by atomic mass is 16.5. The lowest BCUT2D eigenvalue weighted by molar-refractivity contribution is -0.137. The first-order valence-electron chi connectivity index (χ1n) is 11.5. The smallest absolute Gasteiger partial charge is 0.423 e. The second-order valence-corrected chi connectivity index (χ2v) is 9.38. The van der Waals surface area contributed by atoms with Gasteiger partial charge in [-0.15, -0.1) is 0 Å². The quantitative estimate of drug-likeness (QED) is 0.412. The number of phenolic OH excluding ortho intramolecular Hbond substituents is 1. The number of amides is 3. The van der Waals surface area contributed by atoms with Crippen LogP contribution in [-0.4, -0.2) is 57.9 Å². The lowest BCUT2D eigenvalue weighted by Gasteiger charge is -2.38. The number of imide groups is 3. The summed E-state index contributed by atoms with van der Waals surface area (Å²) in [7, 11) is 1.11. The molecule has 1 saturated heterocycles. The summed E-state index contributed by atoms with van der Waals surface area (Å²) in [5.41, 5.74) is 3.40. The Kier molecular flexibility index (Phi) is 7.94. The number of rotatable bonds is 7. The Morgan fingerprint density at radius 3 is 2.41 bits per heavy atom. The van der Waals surface area contributed by atoms with E-state index in [0.29, 0.717) is 23.3 Å². The van der Waals surface area contributed by atoms with Crippen molar-refractivity contribution in [3.8, 4) is 5.75 Å². The van der Waals surface area contributed by atoms with Gasteiger partial charge in [-0.2, -0.15) is 4.90 Å². The fourth-order valence-corrected chi connectivity index (χ4v) is 5.16. The average molecular weight is 472 g/mol. The number of aromatic hydroxyl groups is 1. The predicted octanol–water partition coefficient (Wildman–Crippen LogP) is 3.27. The Morgan fingerprint density at radius 1 is 1.21 bits per heavy atom. The molecule has 34 heavy (non-hydrogen) atoms. The van der Waals surface area contributed by atoms with Crippen LogP contribution in [0.5, 0.6) is 5.75 Å². The SMILES string of the molecule is COC(=O)N1C(=O)[C@@H]2[C@@H](CC(C(C)C)=C([C@H](O)CC/C(C)=C/c3ccc(O)cc3)[C@@H]2CO)C1=O. The number of aliphatic hydroxyl groups excluding tert-OH is 2. The van der Waals surface area contributed by atoms with Crippen molar-refractivity contribution in [2.45, 2.75) is 46.1 Å². The number of aliphatic hydroxyl groups is 2. The molecule has 0 saturated carbocycles. The van der Waals surface area contributed by atoms with E-state index in [1.165, 1.54) is 0 Å². The largest absolute Gasteiger partial charge is 0.508 e. The number of hydrogen-bond donors (Lipinski definition) is 3. The zero-order chi connectivity index (χ0) is 25.2. The molecule has 0 aromatic heterocycles. The van der Waals surface area contributed by atoms with Gasteiger partial charge >= 0.3 is 6.09 Å². The summed E-state index contributed by atoms with van der Waals surface area (Å²) in [5, 5.41) is 30.9. The van der Waals surface area contributed by atoms with E-state index in [2.05, 4.69) is 4.74 Å². The number of benzene rings is 1. The van der Waals surface area contributed by atoms with Gasteiger partial charge in [-0.3, -0.25) is 9.59 Å². The second kappa shape index (κ2) is 10.5. The summed E-state index contributed by atoms with van der Waals surface area (Å²) in [5.74, 6) is -3.53. The first-order chi connectivity index (χ1) is 16.1. The van der Waals surface area contributed by atoms with Crippen LogP contribution in [0.1, 0.15) is 45.6 Å². The second-order valence-electron chi connectivity index (χ2n) is 9.38. The molecular formula is C26H33NO7. The molecule has 2 aliphatic rings. The standard InChI is InChI=1S/C26H33NO7/c1-14(2)18-12-19-23(25(32)27(24(19)31)26(33)34-4)20(13-28)22(18)21(30)10-5-15(3)11-16-6-8-17(29)9-7-16/h6-9,11,14,19-21,23,28-30H,5,10,12-13H2,1-4H3/b15-11+/t19-,20+,21-,23-/m1/s1. The number of methoxy groups -OCH3 is 1. The number of carbonyl (C=O) groups excluding carboxylic acids is 3. The number of phenols is 1. The molecule has 1 fully saturated rings. The van der Waals surface area contributed by atoms with Crippen molar-refractivity contribution < 1.29 is 34.4 Å². The lowest BCUT2D eigenvalue weighted by Crippen LogP contribution is -2.40. The van der Waals surface area contributed by atoms with Crippen LogP contribution in [-0.2, 0) is 14.3 Å². The number of ether oxygens (including phenoxy) is 1. The van der Waals surface area contributed by atoms with Gasteiger partial charge in [0, 0.05) is 5.92 Å². The third-order valence-electron chi connectivity index (χ3n) is 6.85. The van der Waals surface area contributed by atoms with E-state index < -0.39 is 48.4 Å². The summed E-state index contributed by atoms with van der Waals surface area (Å²) < 4.78 is 4.62.